The first-order valence-electron chi connectivity index (χ1n) is 9.00. The Morgan fingerprint density at radius 1 is 1.03 bits per heavy atom. The number of nitrogens with one attached hydrogen (secondary N) is 1. The third-order valence-corrected chi connectivity index (χ3v) is 4.04. The van der Waals surface area contributed by atoms with Gasteiger partial charge in [0.15, 0.2) is 11.5 Å². The number of carbonyl (C=O) groups is 1. The first kappa shape index (κ1) is 21.0. The summed E-state index contributed by atoms with van der Waals surface area (Å²) in [6, 6.07) is 17.0. The zero-order chi connectivity index (χ0) is 21.7. The summed E-state index contributed by atoms with van der Waals surface area (Å²) < 4.78 is 52.4. The fourth-order valence-electron chi connectivity index (χ4n) is 2.76. The number of hydrogen-bond donors (Lipinski definition) is 2. The summed E-state index contributed by atoms with van der Waals surface area (Å²) in [6.07, 6.45) is -5.01. The van der Waals surface area contributed by atoms with Crippen LogP contribution >= 0.6 is 0 Å². The Bertz CT molecular complexity index is 1020. The Kier molecular flexibility index (Phi) is 6.15. The molecule has 30 heavy (non-hydrogen) atoms. The minimum absolute atomic E-state index is 0.0208. The number of halogens is 3. The number of anilines is 1. The second-order valence-corrected chi connectivity index (χ2v) is 6.14. The molecule has 0 unspecified atom stereocenters. The van der Waals surface area contributed by atoms with E-state index in [2.05, 4.69) is 5.32 Å². The predicted molar refractivity (Wildman–Crippen MR) is 105 cm³/mol. The molecule has 0 bridgehead atoms. The van der Waals surface area contributed by atoms with Crippen molar-refractivity contribution in [3.63, 3.8) is 0 Å². The number of rotatable bonds is 6. The van der Waals surface area contributed by atoms with Crippen LogP contribution in [0.2, 0.25) is 0 Å². The van der Waals surface area contributed by atoms with Crippen molar-refractivity contribution in [1.29, 1.82) is 0 Å². The van der Waals surface area contributed by atoms with Crippen LogP contribution in [0.25, 0.3) is 0 Å². The quantitative estimate of drug-likeness (QED) is 0.528. The van der Waals surface area contributed by atoms with Crippen molar-refractivity contribution >= 4 is 11.6 Å². The molecule has 3 aromatic rings. The van der Waals surface area contributed by atoms with E-state index in [9.17, 15) is 23.1 Å². The minimum atomic E-state index is -5.01. The number of hydrogen-bond acceptors (Lipinski definition) is 4. The van der Waals surface area contributed by atoms with Crippen LogP contribution in [0, 0.1) is 0 Å². The van der Waals surface area contributed by atoms with Gasteiger partial charge in [0.05, 0.1) is 12.2 Å². The number of alkyl halides is 3. The molecule has 0 spiro atoms. The molecule has 8 heteroatoms. The van der Waals surface area contributed by atoms with E-state index in [1.165, 1.54) is 12.1 Å². The number of ether oxygens (including phenoxy) is 2. The van der Waals surface area contributed by atoms with E-state index < -0.39 is 34.7 Å². The molecule has 0 radical (unpaired) electrons. The van der Waals surface area contributed by atoms with Crippen LogP contribution in [0.5, 0.6) is 23.0 Å². The van der Waals surface area contributed by atoms with Gasteiger partial charge in [-0.1, -0.05) is 36.4 Å². The number of para-hydroxylation sites is 2. The first-order chi connectivity index (χ1) is 14.3. The van der Waals surface area contributed by atoms with Crippen molar-refractivity contribution in [3.05, 3.63) is 77.9 Å². The summed E-state index contributed by atoms with van der Waals surface area (Å²) in [5, 5.41) is 12.9. The van der Waals surface area contributed by atoms with Crippen molar-refractivity contribution in [1.82, 2.24) is 0 Å². The SMILES string of the molecule is CCOc1cc(C(=O)Nc2ccccc2)c(O)c(C(F)(F)F)c1Oc1ccccc1. The largest absolute Gasteiger partial charge is 0.506 e. The topological polar surface area (TPSA) is 67.8 Å². The van der Waals surface area contributed by atoms with Crippen LogP contribution < -0.4 is 14.8 Å². The van der Waals surface area contributed by atoms with Crippen LogP contribution in [0.15, 0.2) is 66.7 Å². The lowest BCUT2D eigenvalue weighted by Crippen LogP contribution is -2.16. The Morgan fingerprint density at radius 2 is 1.63 bits per heavy atom. The molecule has 5 nitrogen and oxygen atoms in total. The van der Waals surface area contributed by atoms with E-state index in [1.54, 1.807) is 55.5 Å². The Labute approximate surface area is 170 Å². The molecule has 0 saturated carbocycles. The summed E-state index contributed by atoms with van der Waals surface area (Å²) in [6.45, 7) is 1.60. The highest BCUT2D eigenvalue weighted by Crippen LogP contribution is 2.50. The lowest BCUT2D eigenvalue weighted by Gasteiger charge is -2.20. The monoisotopic (exact) mass is 417 g/mol. The standard InChI is InChI=1S/C22H18F3NO4/c1-2-29-17-13-16(21(28)26-14-9-5-3-6-10-14)19(27)18(22(23,24)25)20(17)30-15-11-7-4-8-12-15/h3-13,27H,2H2,1H3,(H,26,28). The van der Waals surface area contributed by atoms with Crippen LogP contribution in [0.4, 0.5) is 18.9 Å². The van der Waals surface area contributed by atoms with E-state index in [4.69, 9.17) is 9.47 Å². The number of phenolic OH excluding ortho intramolecular Hbond substituents is 1. The molecule has 156 valence electrons. The minimum Gasteiger partial charge on any atom is -0.506 e. The third kappa shape index (κ3) is 4.65. The summed E-state index contributed by atoms with van der Waals surface area (Å²) in [4.78, 5) is 12.6. The van der Waals surface area contributed by atoms with Gasteiger partial charge in [0.25, 0.3) is 5.91 Å². The maximum absolute atomic E-state index is 13.9. The Hall–Kier alpha value is -3.68. The Morgan fingerprint density at radius 3 is 2.20 bits per heavy atom. The van der Waals surface area contributed by atoms with E-state index >= 15 is 0 Å². The highest BCUT2D eigenvalue weighted by molar-refractivity contribution is 6.07. The van der Waals surface area contributed by atoms with E-state index in [-0.39, 0.29) is 18.1 Å². The molecular formula is C22H18F3NO4. The maximum atomic E-state index is 13.9. The molecule has 0 atom stereocenters. The molecular weight excluding hydrogens is 399 g/mol. The smallest absolute Gasteiger partial charge is 0.423 e. The second kappa shape index (κ2) is 8.77. The van der Waals surface area contributed by atoms with Crippen LogP contribution in [-0.2, 0) is 6.18 Å². The molecule has 0 fully saturated rings. The van der Waals surface area contributed by atoms with Crippen molar-refractivity contribution in [2.75, 3.05) is 11.9 Å². The van der Waals surface area contributed by atoms with E-state index in [0.717, 1.165) is 6.07 Å². The van der Waals surface area contributed by atoms with E-state index in [1.807, 2.05) is 0 Å². The molecule has 1 amide bonds. The molecule has 0 aliphatic rings. The molecule has 3 aromatic carbocycles. The number of amides is 1. The average Bonchev–Trinajstić information content (AvgIpc) is 2.70. The first-order valence-corrected chi connectivity index (χ1v) is 9.00. The van der Waals surface area contributed by atoms with E-state index in [0.29, 0.717) is 5.69 Å². The van der Waals surface area contributed by atoms with Gasteiger partial charge in [0, 0.05) is 11.8 Å². The molecule has 0 aliphatic heterocycles. The summed E-state index contributed by atoms with van der Waals surface area (Å²) in [5.41, 5.74) is -1.72. The highest BCUT2D eigenvalue weighted by atomic mass is 19.4. The Balaban J connectivity index is 2.13. The van der Waals surface area contributed by atoms with Gasteiger partial charge in [-0.25, -0.2) is 0 Å². The zero-order valence-corrected chi connectivity index (χ0v) is 15.9. The number of phenols is 1. The average molecular weight is 417 g/mol. The zero-order valence-electron chi connectivity index (χ0n) is 15.9. The number of benzene rings is 3. The molecule has 2 N–H and O–H groups in total. The van der Waals surface area contributed by atoms with Gasteiger partial charge in [-0.3, -0.25) is 4.79 Å². The molecule has 0 aliphatic carbocycles. The summed E-state index contributed by atoms with van der Waals surface area (Å²) >= 11 is 0. The van der Waals surface area contributed by atoms with Gasteiger partial charge in [-0.15, -0.1) is 0 Å². The molecule has 0 saturated heterocycles. The fraction of sp³-hybridized carbons (Fsp3) is 0.136. The normalized spacial score (nSPS) is 11.1. The van der Waals surface area contributed by atoms with Crippen LogP contribution in [-0.4, -0.2) is 17.6 Å². The van der Waals surface area contributed by atoms with Crippen LogP contribution in [0.1, 0.15) is 22.8 Å². The predicted octanol–water partition coefficient (Wildman–Crippen LogP) is 5.85. The summed E-state index contributed by atoms with van der Waals surface area (Å²) in [5.74, 6) is -3.08. The number of carbonyl (C=O) groups excluding carboxylic acids is 1. The van der Waals surface area contributed by atoms with Gasteiger partial charge in [0.2, 0.25) is 0 Å². The van der Waals surface area contributed by atoms with Gasteiger partial charge in [-0.2, -0.15) is 13.2 Å². The van der Waals surface area contributed by atoms with Crippen molar-refractivity contribution < 1.29 is 32.5 Å². The van der Waals surface area contributed by atoms with Gasteiger partial charge in [-0.05, 0) is 31.2 Å². The van der Waals surface area contributed by atoms with Crippen molar-refractivity contribution in [2.45, 2.75) is 13.1 Å². The maximum Gasteiger partial charge on any atom is 0.423 e. The van der Waals surface area contributed by atoms with Gasteiger partial charge >= 0.3 is 6.18 Å². The number of aromatic hydroxyl groups is 1. The summed E-state index contributed by atoms with van der Waals surface area (Å²) in [7, 11) is 0. The van der Waals surface area contributed by atoms with Crippen LogP contribution in [0.3, 0.4) is 0 Å². The second-order valence-electron chi connectivity index (χ2n) is 6.14. The fourth-order valence-corrected chi connectivity index (χ4v) is 2.76. The molecule has 0 heterocycles. The van der Waals surface area contributed by atoms with Crippen molar-refractivity contribution in [3.8, 4) is 23.0 Å². The highest BCUT2D eigenvalue weighted by Gasteiger charge is 2.42. The lowest BCUT2D eigenvalue weighted by atomic mass is 10.0. The molecule has 0 aromatic heterocycles. The van der Waals surface area contributed by atoms with Gasteiger partial charge in [0.1, 0.15) is 17.1 Å². The third-order valence-electron chi connectivity index (χ3n) is 4.04. The molecule has 3 rings (SSSR count). The lowest BCUT2D eigenvalue weighted by molar-refractivity contribution is -0.139. The van der Waals surface area contributed by atoms with Crippen molar-refractivity contribution in [2.24, 2.45) is 0 Å². The van der Waals surface area contributed by atoms with Gasteiger partial charge < -0.3 is 19.9 Å².